The van der Waals surface area contributed by atoms with Gasteiger partial charge in [-0.25, -0.2) is 0 Å². The van der Waals surface area contributed by atoms with Crippen molar-refractivity contribution < 1.29 is 9.90 Å². The number of hydrogen-bond acceptors (Lipinski definition) is 3. The first-order valence-electron chi connectivity index (χ1n) is 5.36. The first-order valence-corrected chi connectivity index (χ1v) is 5.36. The highest BCUT2D eigenvalue weighted by atomic mass is 16.2. The van der Waals surface area contributed by atoms with Gasteiger partial charge in [0.1, 0.15) is 0 Å². The Balaban J connectivity index is 3.42. The van der Waals surface area contributed by atoms with Crippen LogP contribution in [-0.2, 0) is 4.79 Å². The minimum absolute atomic E-state index is 0.0728. The SMILES string of the molecule is CCCC[C@H](N)C(=O)NCCCCO. The quantitative estimate of drug-likeness (QED) is 0.498. The predicted molar refractivity (Wildman–Crippen MR) is 56.8 cm³/mol. The van der Waals surface area contributed by atoms with Crippen molar-refractivity contribution in [2.75, 3.05) is 13.2 Å². The van der Waals surface area contributed by atoms with Crippen LogP contribution in [0.4, 0.5) is 0 Å². The Bertz CT molecular complexity index is 151. The number of unbranched alkanes of at least 4 members (excludes halogenated alkanes) is 2. The molecule has 0 aliphatic heterocycles. The minimum Gasteiger partial charge on any atom is -0.396 e. The first-order chi connectivity index (χ1) is 6.72. The fourth-order valence-electron chi connectivity index (χ4n) is 1.13. The molecule has 4 nitrogen and oxygen atoms in total. The largest absolute Gasteiger partial charge is 0.396 e. The van der Waals surface area contributed by atoms with Crippen molar-refractivity contribution in [2.24, 2.45) is 5.73 Å². The molecule has 1 atom stereocenters. The van der Waals surface area contributed by atoms with Crippen molar-refractivity contribution in [1.82, 2.24) is 5.32 Å². The third kappa shape index (κ3) is 6.86. The van der Waals surface area contributed by atoms with E-state index in [4.69, 9.17) is 10.8 Å². The Morgan fingerprint density at radius 1 is 1.43 bits per heavy atom. The van der Waals surface area contributed by atoms with Gasteiger partial charge in [0.05, 0.1) is 6.04 Å². The molecule has 0 heterocycles. The summed E-state index contributed by atoms with van der Waals surface area (Å²) < 4.78 is 0. The molecule has 0 aromatic heterocycles. The van der Waals surface area contributed by atoms with Gasteiger partial charge in [-0.2, -0.15) is 0 Å². The first kappa shape index (κ1) is 13.4. The lowest BCUT2D eigenvalue weighted by Crippen LogP contribution is -2.40. The molecule has 0 unspecified atom stereocenters. The molecule has 0 aliphatic carbocycles. The number of hydrogen-bond donors (Lipinski definition) is 3. The summed E-state index contributed by atoms with van der Waals surface area (Å²) in [5.41, 5.74) is 5.66. The van der Waals surface area contributed by atoms with Crippen LogP contribution in [0.25, 0.3) is 0 Å². The van der Waals surface area contributed by atoms with Crippen molar-refractivity contribution in [3.05, 3.63) is 0 Å². The molecule has 0 radical (unpaired) electrons. The average Bonchev–Trinajstić information content (AvgIpc) is 2.20. The molecule has 84 valence electrons. The predicted octanol–water partition coefficient (Wildman–Crippen LogP) is 0.393. The lowest BCUT2D eigenvalue weighted by molar-refractivity contribution is -0.122. The maximum atomic E-state index is 11.3. The summed E-state index contributed by atoms with van der Waals surface area (Å²) in [6, 6.07) is -0.371. The highest BCUT2D eigenvalue weighted by Gasteiger charge is 2.10. The molecule has 0 saturated carbocycles. The molecule has 1 amide bonds. The van der Waals surface area contributed by atoms with E-state index >= 15 is 0 Å². The third-order valence-corrected chi connectivity index (χ3v) is 2.09. The number of nitrogens with two attached hydrogens (primary N) is 1. The average molecular weight is 202 g/mol. The summed E-state index contributed by atoms with van der Waals surface area (Å²) in [6.45, 7) is 2.86. The van der Waals surface area contributed by atoms with E-state index in [0.717, 1.165) is 32.1 Å². The number of carbonyl (C=O) groups excluding carboxylic acids is 1. The Labute approximate surface area is 85.9 Å². The van der Waals surface area contributed by atoms with Crippen LogP contribution < -0.4 is 11.1 Å². The zero-order valence-electron chi connectivity index (χ0n) is 8.96. The van der Waals surface area contributed by atoms with E-state index in [1.807, 2.05) is 0 Å². The number of carbonyl (C=O) groups is 1. The maximum absolute atomic E-state index is 11.3. The van der Waals surface area contributed by atoms with Gasteiger partial charge in [-0.1, -0.05) is 19.8 Å². The van der Waals surface area contributed by atoms with Crippen LogP contribution in [-0.4, -0.2) is 30.2 Å². The summed E-state index contributed by atoms with van der Waals surface area (Å²) in [4.78, 5) is 11.3. The van der Waals surface area contributed by atoms with Gasteiger partial charge in [-0.3, -0.25) is 4.79 Å². The second-order valence-corrected chi connectivity index (χ2v) is 3.47. The number of aliphatic hydroxyl groups excluding tert-OH is 1. The molecule has 0 spiro atoms. The Morgan fingerprint density at radius 2 is 2.14 bits per heavy atom. The van der Waals surface area contributed by atoms with Crippen LogP contribution in [0.2, 0.25) is 0 Å². The Morgan fingerprint density at radius 3 is 2.71 bits per heavy atom. The molecule has 0 saturated heterocycles. The van der Waals surface area contributed by atoms with E-state index in [-0.39, 0.29) is 18.6 Å². The van der Waals surface area contributed by atoms with Crippen LogP contribution in [0, 0.1) is 0 Å². The normalized spacial score (nSPS) is 12.5. The van der Waals surface area contributed by atoms with Gasteiger partial charge < -0.3 is 16.2 Å². The van der Waals surface area contributed by atoms with Crippen molar-refractivity contribution in [2.45, 2.75) is 45.1 Å². The summed E-state index contributed by atoms with van der Waals surface area (Å²) >= 11 is 0. The molecular weight excluding hydrogens is 180 g/mol. The number of nitrogens with one attached hydrogen (secondary N) is 1. The second-order valence-electron chi connectivity index (χ2n) is 3.47. The standard InChI is InChI=1S/C10H22N2O2/c1-2-3-6-9(11)10(14)12-7-4-5-8-13/h9,13H,2-8,11H2,1H3,(H,12,14)/t9-/m0/s1. The Hall–Kier alpha value is -0.610. The Kier molecular flexibility index (Phi) is 8.57. The highest BCUT2D eigenvalue weighted by Crippen LogP contribution is 1.98. The molecule has 0 aromatic rings. The topological polar surface area (TPSA) is 75.4 Å². The van der Waals surface area contributed by atoms with Gasteiger partial charge in [0.2, 0.25) is 5.91 Å². The van der Waals surface area contributed by atoms with Crippen LogP contribution >= 0.6 is 0 Å². The molecule has 0 rings (SSSR count). The van der Waals surface area contributed by atoms with Gasteiger partial charge >= 0.3 is 0 Å². The molecule has 4 heteroatoms. The smallest absolute Gasteiger partial charge is 0.236 e. The summed E-state index contributed by atoms with van der Waals surface area (Å²) in [7, 11) is 0. The zero-order valence-corrected chi connectivity index (χ0v) is 8.96. The van der Waals surface area contributed by atoms with Crippen molar-refractivity contribution in [1.29, 1.82) is 0 Å². The fourth-order valence-corrected chi connectivity index (χ4v) is 1.13. The molecule has 0 aliphatic rings. The van der Waals surface area contributed by atoms with Crippen LogP contribution in [0.1, 0.15) is 39.0 Å². The van der Waals surface area contributed by atoms with Crippen LogP contribution in [0.5, 0.6) is 0 Å². The zero-order chi connectivity index (χ0) is 10.8. The molecular formula is C10H22N2O2. The summed E-state index contributed by atoms with van der Waals surface area (Å²) in [5, 5.41) is 11.3. The van der Waals surface area contributed by atoms with Gasteiger partial charge in [-0.05, 0) is 19.3 Å². The van der Waals surface area contributed by atoms with Gasteiger partial charge in [0.15, 0.2) is 0 Å². The van der Waals surface area contributed by atoms with Gasteiger partial charge in [0, 0.05) is 13.2 Å². The lowest BCUT2D eigenvalue weighted by Gasteiger charge is -2.11. The van der Waals surface area contributed by atoms with E-state index in [9.17, 15) is 4.79 Å². The molecule has 0 bridgehead atoms. The fraction of sp³-hybridized carbons (Fsp3) is 0.900. The number of amides is 1. The van der Waals surface area contributed by atoms with E-state index < -0.39 is 0 Å². The third-order valence-electron chi connectivity index (χ3n) is 2.09. The second kappa shape index (κ2) is 8.97. The van der Waals surface area contributed by atoms with Crippen molar-refractivity contribution in [3.63, 3.8) is 0 Å². The number of rotatable bonds is 8. The van der Waals surface area contributed by atoms with Gasteiger partial charge in [-0.15, -0.1) is 0 Å². The monoisotopic (exact) mass is 202 g/mol. The van der Waals surface area contributed by atoms with Gasteiger partial charge in [0.25, 0.3) is 0 Å². The van der Waals surface area contributed by atoms with Crippen molar-refractivity contribution >= 4 is 5.91 Å². The van der Waals surface area contributed by atoms with E-state index in [0.29, 0.717) is 6.54 Å². The molecule has 4 N–H and O–H groups in total. The number of aliphatic hydroxyl groups is 1. The van der Waals surface area contributed by atoms with Crippen molar-refractivity contribution in [3.8, 4) is 0 Å². The maximum Gasteiger partial charge on any atom is 0.236 e. The summed E-state index contributed by atoms with van der Waals surface area (Å²) in [6.07, 6.45) is 4.34. The van der Waals surface area contributed by atoms with E-state index in [1.54, 1.807) is 0 Å². The minimum atomic E-state index is -0.371. The van der Waals surface area contributed by atoms with Crippen LogP contribution in [0.3, 0.4) is 0 Å². The molecule has 14 heavy (non-hydrogen) atoms. The van der Waals surface area contributed by atoms with E-state index in [2.05, 4.69) is 12.2 Å². The highest BCUT2D eigenvalue weighted by molar-refractivity contribution is 5.81. The molecule has 0 aromatic carbocycles. The summed E-state index contributed by atoms with van der Waals surface area (Å²) in [5.74, 6) is -0.0728. The lowest BCUT2D eigenvalue weighted by atomic mass is 10.1. The molecule has 0 fully saturated rings. The van der Waals surface area contributed by atoms with Crippen LogP contribution in [0.15, 0.2) is 0 Å². The van der Waals surface area contributed by atoms with E-state index in [1.165, 1.54) is 0 Å².